The minimum Gasteiger partial charge on any atom is -0.368 e. The zero-order chi connectivity index (χ0) is 16.2. The largest absolute Gasteiger partial charge is 0.368 e. The van der Waals surface area contributed by atoms with E-state index in [2.05, 4.69) is 20.6 Å². The van der Waals surface area contributed by atoms with E-state index in [1.165, 1.54) is 0 Å². The van der Waals surface area contributed by atoms with E-state index in [0.717, 1.165) is 36.5 Å². The molecule has 2 aromatic heterocycles. The number of ether oxygens (including phenoxy) is 1. The number of hydrogen-bond donors (Lipinski definition) is 1. The van der Waals surface area contributed by atoms with Gasteiger partial charge in [0.25, 0.3) is 5.89 Å². The number of nitrogens with one attached hydrogen (secondary N) is 1. The molecule has 3 heterocycles. The highest BCUT2D eigenvalue weighted by Crippen LogP contribution is 2.26. The number of carbonyl (C=O) groups excluding carboxylic acids is 1. The van der Waals surface area contributed by atoms with E-state index in [4.69, 9.17) is 13.8 Å². The number of rotatable bonds is 6. The van der Waals surface area contributed by atoms with Crippen LogP contribution in [0.1, 0.15) is 54.1 Å². The second-order valence-electron chi connectivity index (χ2n) is 5.63. The van der Waals surface area contributed by atoms with E-state index in [9.17, 15) is 4.79 Å². The van der Waals surface area contributed by atoms with Gasteiger partial charge in [-0.2, -0.15) is 4.98 Å². The zero-order valence-corrected chi connectivity index (χ0v) is 13.3. The van der Waals surface area contributed by atoms with Crippen LogP contribution in [0, 0.1) is 13.8 Å². The highest BCUT2D eigenvalue weighted by molar-refractivity contribution is 5.76. The van der Waals surface area contributed by atoms with Crippen molar-refractivity contribution in [3.05, 3.63) is 28.7 Å². The molecule has 0 aliphatic carbocycles. The van der Waals surface area contributed by atoms with Crippen LogP contribution in [0.5, 0.6) is 0 Å². The summed E-state index contributed by atoms with van der Waals surface area (Å²) in [7, 11) is 0. The second kappa shape index (κ2) is 6.91. The lowest BCUT2D eigenvalue weighted by molar-refractivity contribution is -0.121. The fraction of sp³-hybridized carbons (Fsp3) is 0.600. The highest BCUT2D eigenvalue weighted by Gasteiger charge is 2.23. The van der Waals surface area contributed by atoms with E-state index in [1.54, 1.807) is 0 Å². The lowest BCUT2D eigenvalue weighted by Crippen LogP contribution is -2.23. The van der Waals surface area contributed by atoms with Gasteiger partial charge in [0.15, 0.2) is 5.82 Å². The summed E-state index contributed by atoms with van der Waals surface area (Å²) in [5.41, 5.74) is 1.81. The van der Waals surface area contributed by atoms with Crippen LogP contribution in [-0.2, 0) is 22.5 Å². The molecule has 0 unspecified atom stereocenters. The maximum absolute atomic E-state index is 11.9. The first-order chi connectivity index (χ1) is 11.1. The van der Waals surface area contributed by atoms with E-state index in [1.807, 2.05) is 13.8 Å². The molecule has 2 aromatic rings. The molecule has 23 heavy (non-hydrogen) atoms. The van der Waals surface area contributed by atoms with Crippen LogP contribution in [0.3, 0.4) is 0 Å². The fourth-order valence-electron chi connectivity index (χ4n) is 2.61. The van der Waals surface area contributed by atoms with Crippen molar-refractivity contribution < 1.29 is 18.6 Å². The molecule has 1 N–H and O–H groups in total. The summed E-state index contributed by atoms with van der Waals surface area (Å²) < 4.78 is 15.7. The van der Waals surface area contributed by atoms with Gasteiger partial charge in [-0.15, -0.1) is 0 Å². The molecule has 1 fully saturated rings. The average Bonchev–Trinajstić information content (AvgIpc) is 3.25. The van der Waals surface area contributed by atoms with Gasteiger partial charge in [0.2, 0.25) is 5.91 Å². The van der Waals surface area contributed by atoms with Crippen LogP contribution in [-0.4, -0.2) is 27.8 Å². The molecule has 0 bridgehead atoms. The van der Waals surface area contributed by atoms with Crippen LogP contribution in [0.2, 0.25) is 0 Å². The Labute approximate surface area is 133 Å². The first-order valence-corrected chi connectivity index (χ1v) is 7.76. The molecular weight excluding hydrogens is 300 g/mol. The summed E-state index contributed by atoms with van der Waals surface area (Å²) in [5, 5.41) is 10.5. The first-order valence-electron chi connectivity index (χ1n) is 7.76. The Morgan fingerprint density at radius 1 is 1.30 bits per heavy atom. The maximum Gasteiger partial charge on any atom is 0.255 e. The van der Waals surface area contributed by atoms with E-state index in [0.29, 0.717) is 24.6 Å². The van der Waals surface area contributed by atoms with Gasteiger partial charge in [0.1, 0.15) is 11.9 Å². The molecular formula is C15H20N4O4. The predicted octanol–water partition coefficient (Wildman–Crippen LogP) is 1.77. The molecule has 1 saturated heterocycles. The molecule has 8 heteroatoms. The minimum atomic E-state index is -0.105. The number of nitrogens with zero attached hydrogens (tertiary/aromatic N) is 3. The standard InChI is InChI=1S/C15H20N4O4/c1-9-11(10(2)22-18-9)5-6-14(20)16-8-13-17-15(23-19-13)12-4-3-7-21-12/h12H,3-8H2,1-2H3,(H,16,20)/t12-/m1/s1. The Hall–Kier alpha value is -2.22. The van der Waals surface area contributed by atoms with Gasteiger partial charge < -0.3 is 19.1 Å². The Balaban J connectivity index is 1.45. The molecule has 8 nitrogen and oxygen atoms in total. The molecule has 0 radical (unpaired) electrons. The summed E-state index contributed by atoms with van der Waals surface area (Å²) in [6.07, 6.45) is 2.75. The lowest BCUT2D eigenvalue weighted by atomic mass is 10.1. The van der Waals surface area contributed by atoms with E-state index in [-0.39, 0.29) is 18.6 Å². The van der Waals surface area contributed by atoms with Crippen molar-refractivity contribution in [2.75, 3.05) is 6.61 Å². The molecule has 1 aliphatic rings. The van der Waals surface area contributed by atoms with Crippen molar-refractivity contribution in [1.29, 1.82) is 0 Å². The van der Waals surface area contributed by atoms with Crippen LogP contribution >= 0.6 is 0 Å². The average molecular weight is 320 g/mol. The highest BCUT2D eigenvalue weighted by atomic mass is 16.5. The van der Waals surface area contributed by atoms with Gasteiger partial charge in [0.05, 0.1) is 12.2 Å². The van der Waals surface area contributed by atoms with Crippen LogP contribution < -0.4 is 5.32 Å². The number of hydrogen-bond acceptors (Lipinski definition) is 7. The van der Waals surface area contributed by atoms with Crippen molar-refractivity contribution in [1.82, 2.24) is 20.6 Å². The van der Waals surface area contributed by atoms with Crippen LogP contribution in [0.4, 0.5) is 0 Å². The summed E-state index contributed by atoms with van der Waals surface area (Å²) in [6.45, 7) is 4.69. The van der Waals surface area contributed by atoms with Gasteiger partial charge in [-0.3, -0.25) is 4.79 Å². The first kappa shape index (κ1) is 15.7. The lowest BCUT2D eigenvalue weighted by Gasteiger charge is -2.02. The van der Waals surface area contributed by atoms with Gasteiger partial charge in [0, 0.05) is 18.6 Å². The normalized spacial score (nSPS) is 17.6. The van der Waals surface area contributed by atoms with Crippen molar-refractivity contribution >= 4 is 5.91 Å². The van der Waals surface area contributed by atoms with Crippen molar-refractivity contribution in [2.24, 2.45) is 0 Å². The van der Waals surface area contributed by atoms with Gasteiger partial charge in [-0.25, -0.2) is 0 Å². The topological polar surface area (TPSA) is 103 Å². The number of carbonyl (C=O) groups is 1. The van der Waals surface area contributed by atoms with Crippen LogP contribution in [0.25, 0.3) is 0 Å². The third-order valence-electron chi connectivity index (χ3n) is 3.92. The van der Waals surface area contributed by atoms with E-state index < -0.39 is 0 Å². The summed E-state index contributed by atoms with van der Waals surface area (Å²) in [4.78, 5) is 16.2. The Morgan fingerprint density at radius 3 is 2.87 bits per heavy atom. The Kier molecular flexibility index (Phi) is 4.71. The SMILES string of the molecule is Cc1noc(C)c1CCC(=O)NCc1noc([C@H]2CCCO2)n1. The summed E-state index contributed by atoms with van der Waals surface area (Å²) >= 11 is 0. The molecule has 3 rings (SSSR count). The molecule has 0 spiro atoms. The number of aromatic nitrogens is 3. The van der Waals surface area contributed by atoms with Gasteiger partial charge >= 0.3 is 0 Å². The molecule has 1 aliphatic heterocycles. The molecule has 124 valence electrons. The summed E-state index contributed by atoms with van der Waals surface area (Å²) in [6, 6.07) is 0. The van der Waals surface area contributed by atoms with Crippen molar-refractivity contribution in [3.63, 3.8) is 0 Å². The third-order valence-corrected chi connectivity index (χ3v) is 3.92. The Bertz CT molecular complexity index is 653. The number of amides is 1. The van der Waals surface area contributed by atoms with Crippen molar-refractivity contribution in [3.8, 4) is 0 Å². The quantitative estimate of drug-likeness (QED) is 0.865. The smallest absolute Gasteiger partial charge is 0.255 e. The molecule has 0 aromatic carbocycles. The van der Waals surface area contributed by atoms with Crippen molar-refractivity contribution in [2.45, 2.75) is 52.2 Å². The minimum absolute atomic E-state index is 0.0755. The second-order valence-corrected chi connectivity index (χ2v) is 5.63. The monoisotopic (exact) mass is 320 g/mol. The zero-order valence-electron chi connectivity index (χ0n) is 13.3. The third kappa shape index (κ3) is 3.76. The maximum atomic E-state index is 11.9. The summed E-state index contributed by atoms with van der Waals surface area (Å²) in [5.74, 6) is 1.63. The molecule has 1 atom stereocenters. The predicted molar refractivity (Wildman–Crippen MR) is 78.4 cm³/mol. The number of aryl methyl sites for hydroxylation is 2. The van der Waals surface area contributed by atoms with Crippen LogP contribution in [0.15, 0.2) is 9.05 Å². The van der Waals surface area contributed by atoms with Gasteiger partial charge in [-0.05, 0) is 33.1 Å². The van der Waals surface area contributed by atoms with E-state index >= 15 is 0 Å². The molecule has 0 saturated carbocycles. The Morgan fingerprint density at radius 2 is 2.17 bits per heavy atom. The van der Waals surface area contributed by atoms with Gasteiger partial charge in [-0.1, -0.05) is 10.3 Å². The fourth-order valence-corrected chi connectivity index (χ4v) is 2.61. The molecule has 1 amide bonds.